The van der Waals surface area contributed by atoms with Gasteiger partial charge < -0.3 is 5.32 Å². The van der Waals surface area contributed by atoms with E-state index in [9.17, 15) is 4.79 Å². The first-order chi connectivity index (χ1) is 8.11. The predicted molar refractivity (Wildman–Crippen MR) is 67.6 cm³/mol. The van der Waals surface area contributed by atoms with Gasteiger partial charge in [0.05, 0.1) is 10.0 Å². The third kappa shape index (κ3) is 2.58. The van der Waals surface area contributed by atoms with Crippen LogP contribution in [0.25, 0.3) is 0 Å². The van der Waals surface area contributed by atoms with Gasteiger partial charge in [0.2, 0.25) is 5.91 Å². The van der Waals surface area contributed by atoms with Gasteiger partial charge in [0.15, 0.2) is 5.84 Å². The number of carbonyl (C=O) groups excluding carboxylic acids is 1. The number of aromatic nitrogens is 1. The first-order valence-corrected chi connectivity index (χ1v) is 6.07. The van der Waals surface area contributed by atoms with Crippen LogP contribution in [0.5, 0.6) is 0 Å². The number of amides is 1. The smallest absolute Gasteiger partial charge is 0.250 e. The molecule has 2 rings (SSSR count). The molecule has 0 saturated carbocycles. The van der Waals surface area contributed by atoms with E-state index in [4.69, 9.17) is 23.2 Å². The standard InChI is InChI=1S/C11H11Cl2N3O/c1-2-3-8-11(17)16-10(15-8)9-7(13)4-6(12)5-14-9/h4-5,8H,2-3H2,1H3,(H,15,16,17). The SMILES string of the molecule is CCCC1N=C(c2ncc(Cl)cc2Cl)NC1=O. The number of rotatable bonds is 3. The highest BCUT2D eigenvalue weighted by Gasteiger charge is 2.27. The van der Waals surface area contributed by atoms with Gasteiger partial charge in [-0.25, -0.2) is 4.98 Å². The second kappa shape index (κ2) is 5.02. The molecule has 1 aromatic rings. The summed E-state index contributed by atoms with van der Waals surface area (Å²) in [6, 6.07) is 1.25. The summed E-state index contributed by atoms with van der Waals surface area (Å²) < 4.78 is 0. The minimum Gasteiger partial charge on any atom is -0.307 e. The topological polar surface area (TPSA) is 54.4 Å². The lowest BCUT2D eigenvalue weighted by Gasteiger charge is -2.02. The molecule has 0 aromatic carbocycles. The zero-order valence-electron chi connectivity index (χ0n) is 9.20. The molecule has 1 aliphatic heterocycles. The normalized spacial score (nSPS) is 19.1. The van der Waals surface area contributed by atoms with Crippen LogP contribution in [0.2, 0.25) is 10.0 Å². The molecule has 4 nitrogen and oxygen atoms in total. The maximum atomic E-state index is 11.6. The number of hydrogen-bond acceptors (Lipinski definition) is 3. The zero-order chi connectivity index (χ0) is 12.4. The molecular weight excluding hydrogens is 261 g/mol. The van der Waals surface area contributed by atoms with Crippen molar-refractivity contribution in [3.05, 3.63) is 28.0 Å². The van der Waals surface area contributed by atoms with Gasteiger partial charge in [0.1, 0.15) is 11.7 Å². The molecule has 0 fully saturated rings. The van der Waals surface area contributed by atoms with E-state index in [1.54, 1.807) is 6.07 Å². The first kappa shape index (κ1) is 12.3. The molecule has 0 radical (unpaired) electrons. The van der Waals surface area contributed by atoms with Gasteiger partial charge in [-0.05, 0) is 12.5 Å². The summed E-state index contributed by atoms with van der Waals surface area (Å²) in [5.74, 6) is 0.324. The lowest BCUT2D eigenvalue weighted by atomic mass is 10.2. The average molecular weight is 272 g/mol. The van der Waals surface area contributed by atoms with Crippen molar-refractivity contribution in [2.45, 2.75) is 25.8 Å². The predicted octanol–water partition coefficient (Wildman–Crippen LogP) is 2.43. The first-order valence-electron chi connectivity index (χ1n) is 5.32. The van der Waals surface area contributed by atoms with Crippen LogP contribution in [0.4, 0.5) is 0 Å². The molecule has 1 aromatic heterocycles. The number of nitrogens with zero attached hydrogens (tertiary/aromatic N) is 2. The van der Waals surface area contributed by atoms with E-state index in [1.807, 2.05) is 6.92 Å². The van der Waals surface area contributed by atoms with E-state index in [-0.39, 0.29) is 11.9 Å². The molecule has 17 heavy (non-hydrogen) atoms. The van der Waals surface area contributed by atoms with Crippen LogP contribution in [-0.4, -0.2) is 22.8 Å². The Labute approximate surface area is 109 Å². The number of halogens is 2. The van der Waals surface area contributed by atoms with Crippen LogP contribution >= 0.6 is 23.2 Å². The Morgan fingerprint density at radius 1 is 1.47 bits per heavy atom. The van der Waals surface area contributed by atoms with Gasteiger partial charge >= 0.3 is 0 Å². The number of carbonyl (C=O) groups is 1. The quantitative estimate of drug-likeness (QED) is 0.918. The van der Waals surface area contributed by atoms with Crippen LogP contribution in [0.15, 0.2) is 17.3 Å². The average Bonchev–Trinajstić information content (AvgIpc) is 2.60. The highest BCUT2D eigenvalue weighted by atomic mass is 35.5. The Kier molecular flexibility index (Phi) is 3.64. The van der Waals surface area contributed by atoms with Crippen LogP contribution in [0.3, 0.4) is 0 Å². The summed E-state index contributed by atoms with van der Waals surface area (Å²) in [6.45, 7) is 2.01. The van der Waals surface area contributed by atoms with Crippen molar-refractivity contribution in [3.8, 4) is 0 Å². The van der Waals surface area contributed by atoms with Crippen molar-refractivity contribution in [1.29, 1.82) is 0 Å². The van der Waals surface area contributed by atoms with Gasteiger partial charge in [-0.2, -0.15) is 0 Å². The summed E-state index contributed by atoms with van der Waals surface area (Å²) >= 11 is 11.8. The molecule has 90 valence electrons. The van der Waals surface area contributed by atoms with Gasteiger partial charge in [-0.15, -0.1) is 0 Å². The third-order valence-electron chi connectivity index (χ3n) is 2.42. The van der Waals surface area contributed by atoms with E-state index in [2.05, 4.69) is 15.3 Å². The Morgan fingerprint density at radius 2 is 2.24 bits per heavy atom. The molecule has 1 N–H and O–H groups in total. The maximum absolute atomic E-state index is 11.6. The molecule has 0 saturated heterocycles. The summed E-state index contributed by atoms with van der Waals surface area (Å²) in [4.78, 5) is 20.0. The molecule has 0 spiro atoms. The van der Waals surface area contributed by atoms with Crippen LogP contribution in [0.1, 0.15) is 25.5 Å². The van der Waals surface area contributed by atoms with Crippen molar-refractivity contribution in [3.63, 3.8) is 0 Å². The second-order valence-electron chi connectivity index (χ2n) is 3.76. The van der Waals surface area contributed by atoms with E-state index < -0.39 is 0 Å². The highest BCUT2D eigenvalue weighted by molar-refractivity contribution is 6.37. The lowest BCUT2D eigenvalue weighted by molar-refractivity contribution is -0.120. The van der Waals surface area contributed by atoms with Gasteiger partial charge in [-0.3, -0.25) is 9.79 Å². The van der Waals surface area contributed by atoms with Crippen molar-refractivity contribution < 1.29 is 4.79 Å². The van der Waals surface area contributed by atoms with Gasteiger partial charge in [0.25, 0.3) is 0 Å². The van der Waals surface area contributed by atoms with Crippen molar-refractivity contribution in [1.82, 2.24) is 10.3 Å². The summed E-state index contributed by atoms with van der Waals surface area (Å²) in [5.41, 5.74) is 0.461. The lowest BCUT2D eigenvalue weighted by Crippen LogP contribution is -2.29. The van der Waals surface area contributed by atoms with Crippen molar-refractivity contribution >= 4 is 34.9 Å². The van der Waals surface area contributed by atoms with Crippen LogP contribution < -0.4 is 5.32 Å². The van der Waals surface area contributed by atoms with Gasteiger partial charge in [-0.1, -0.05) is 36.5 Å². The minimum absolute atomic E-state index is 0.102. The number of aliphatic imine (C=N–C) groups is 1. The van der Waals surface area contributed by atoms with E-state index >= 15 is 0 Å². The van der Waals surface area contributed by atoms with Crippen molar-refractivity contribution in [2.75, 3.05) is 0 Å². The molecule has 0 aliphatic carbocycles. The fraction of sp³-hybridized carbons (Fsp3) is 0.364. The van der Waals surface area contributed by atoms with E-state index in [1.165, 1.54) is 6.20 Å². The molecule has 1 unspecified atom stereocenters. The monoisotopic (exact) mass is 271 g/mol. The second-order valence-corrected chi connectivity index (χ2v) is 4.60. The fourth-order valence-corrected chi connectivity index (χ4v) is 2.09. The number of pyridine rings is 1. The molecule has 2 heterocycles. The van der Waals surface area contributed by atoms with Gasteiger partial charge in [0, 0.05) is 6.20 Å². The van der Waals surface area contributed by atoms with Crippen LogP contribution in [0, 0.1) is 0 Å². The molecule has 6 heteroatoms. The maximum Gasteiger partial charge on any atom is 0.250 e. The number of amidine groups is 1. The Balaban J connectivity index is 2.29. The summed E-state index contributed by atoms with van der Waals surface area (Å²) in [7, 11) is 0. The highest BCUT2D eigenvalue weighted by Crippen LogP contribution is 2.21. The minimum atomic E-state index is -0.330. The molecular formula is C11H11Cl2N3O. The third-order valence-corrected chi connectivity index (χ3v) is 2.92. The van der Waals surface area contributed by atoms with E-state index in [0.717, 1.165) is 12.8 Å². The molecule has 0 bridgehead atoms. The Morgan fingerprint density at radius 3 is 2.88 bits per heavy atom. The molecule has 1 aliphatic rings. The van der Waals surface area contributed by atoms with E-state index in [0.29, 0.717) is 21.6 Å². The zero-order valence-corrected chi connectivity index (χ0v) is 10.7. The fourth-order valence-electron chi connectivity index (χ4n) is 1.62. The van der Waals surface area contributed by atoms with Crippen molar-refractivity contribution in [2.24, 2.45) is 4.99 Å². The Bertz CT molecular complexity index is 488. The summed E-state index contributed by atoms with van der Waals surface area (Å²) in [6.07, 6.45) is 3.10. The van der Waals surface area contributed by atoms with Crippen LogP contribution in [-0.2, 0) is 4.79 Å². The number of nitrogens with one attached hydrogen (secondary N) is 1. The Hall–Kier alpha value is -1.13. The summed E-state index contributed by atoms with van der Waals surface area (Å²) in [5, 5.41) is 3.52. The number of hydrogen-bond donors (Lipinski definition) is 1. The molecule has 1 amide bonds. The largest absolute Gasteiger partial charge is 0.307 e. The molecule has 1 atom stereocenters.